The molecule has 0 aliphatic heterocycles. The molecular weight excluding hydrogens is 641 g/mol. The molecule has 10 rings (SSSR count). The molecule has 0 saturated heterocycles. The number of anilines is 3. The quantitative estimate of drug-likeness (QED) is 0.173. The van der Waals surface area contributed by atoms with Gasteiger partial charge in [0.15, 0.2) is 7.85 Å². The second kappa shape index (κ2) is 12.3. The number of fused-ring (bicyclic) bond motifs is 6. The van der Waals surface area contributed by atoms with Crippen molar-refractivity contribution in [3.8, 4) is 22.3 Å². The first-order valence-electron chi connectivity index (χ1n) is 18.2. The van der Waals surface area contributed by atoms with Gasteiger partial charge in [-0.25, -0.2) is 0 Å². The molecule has 0 saturated carbocycles. The maximum atomic E-state index is 6.54. The zero-order valence-electron chi connectivity index (χ0n) is 29.9. The van der Waals surface area contributed by atoms with Crippen LogP contribution in [0.4, 0.5) is 17.1 Å². The van der Waals surface area contributed by atoms with Gasteiger partial charge >= 0.3 is 0 Å². The maximum absolute atomic E-state index is 6.54. The highest BCUT2D eigenvalue weighted by molar-refractivity contribution is 6.59. The molecule has 8 aromatic carbocycles. The summed E-state index contributed by atoms with van der Waals surface area (Å²) < 4.78 is 6.54. The van der Waals surface area contributed by atoms with Crippen LogP contribution in [0.5, 0.6) is 0 Å². The summed E-state index contributed by atoms with van der Waals surface area (Å²) in [5, 5.41) is 8.33. The minimum absolute atomic E-state index is 0.868. The van der Waals surface area contributed by atoms with Crippen LogP contribution in [-0.4, -0.2) is 28.5 Å². The molecule has 246 valence electrons. The number of furan rings is 1. The van der Waals surface area contributed by atoms with Crippen molar-refractivity contribution >= 4 is 112 Å². The molecule has 0 atom stereocenters. The summed E-state index contributed by atoms with van der Waals surface area (Å²) in [5.74, 6) is 0. The van der Waals surface area contributed by atoms with E-state index in [4.69, 9.17) is 9.40 Å². The Kier molecular flexibility index (Phi) is 7.26. The van der Waals surface area contributed by atoms with E-state index in [0.717, 1.165) is 50.1 Å². The van der Waals surface area contributed by atoms with Gasteiger partial charge in [0.2, 0.25) is 0 Å². The van der Waals surface area contributed by atoms with Crippen molar-refractivity contribution in [2.75, 3.05) is 4.90 Å². The van der Waals surface area contributed by atoms with Gasteiger partial charge in [-0.1, -0.05) is 102 Å². The Hall–Kier alpha value is -6.52. The first-order chi connectivity index (χ1) is 26.0. The Balaban J connectivity index is 1.07. The van der Waals surface area contributed by atoms with E-state index in [2.05, 4.69) is 192 Å². The number of hydrogen-bond acceptors (Lipinski definition) is 3. The molecule has 6 heteroatoms. The summed E-state index contributed by atoms with van der Waals surface area (Å²) in [6.07, 6.45) is 0. The first kappa shape index (κ1) is 31.2. The van der Waals surface area contributed by atoms with Crippen LogP contribution in [0, 0.1) is 0 Å². The van der Waals surface area contributed by atoms with Gasteiger partial charge in [0.05, 0.1) is 5.52 Å². The highest BCUT2D eigenvalue weighted by atomic mass is 16.3. The van der Waals surface area contributed by atoms with Gasteiger partial charge in [-0.15, -0.1) is 0 Å². The van der Waals surface area contributed by atoms with Gasteiger partial charge in [-0.2, -0.15) is 0 Å². The lowest BCUT2D eigenvalue weighted by molar-refractivity contribution is 0.669. The molecule has 0 radical (unpaired) electrons. The molecule has 2 heterocycles. The van der Waals surface area contributed by atoms with Crippen LogP contribution < -0.4 is 21.4 Å². The largest absolute Gasteiger partial charge is 0.456 e. The number of nitrogens with zero attached hydrogens (tertiary/aromatic N) is 2. The second-order valence-corrected chi connectivity index (χ2v) is 14.1. The second-order valence-electron chi connectivity index (χ2n) is 14.1. The van der Waals surface area contributed by atoms with Crippen molar-refractivity contribution < 1.29 is 4.42 Å². The molecule has 0 bridgehead atoms. The average Bonchev–Trinajstić information content (AvgIpc) is 3.56. The van der Waals surface area contributed by atoms with Crippen LogP contribution >= 0.6 is 0 Å². The fourth-order valence-electron chi connectivity index (χ4n) is 7.86. The molecule has 0 aliphatic carbocycles. The molecule has 0 aliphatic rings. The number of benzene rings is 8. The Labute approximate surface area is 310 Å². The zero-order chi connectivity index (χ0) is 35.6. The Morgan fingerprint density at radius 1 is 0.396 bits per heavy atom. The molecular formula is C47H33B3N2O. The Morgan fingerprint density at radius 2 is 0.943 bits per heavy atom. The Morgan fingerprint density at radius 3 is 1.64 bits per heavy atom. The van der Waals surface area contributed by atoms with Gasteiger partial charge in [-0.3, -0.25) is 4.98 Å². The molecule has 0 N–H and O–H groups in total. The first-order valence-corrected chi connectivity index (χ1v) is 18.2. The van der Waals surface area contributed by atoms with Gasteiger partial charge in [0, 0.05) is 33.9 Å². The molecule has 0 spiro atoms. The summed E-state index contributed by atoms with van der Waals surface area (Å²) in [6.45, 7) is 0. The van der Waals surface area contributed by atoms with Gasteiger partial charge in [-0.05, 0) is 122 Å². The number of pyridine rings is 1. The van der Waals surface area contributed by atoms with E-state index >= 15 is 0 Å². The lowest BCUT2D eigenvalue weighted by Gasteiger charge is -2.26. The fourth-order valence-corrected chi connectivity index (χ4v) is 7.86. The predicted molar refractivity (Wildman–Crippen MR) is 234 cm³/mol. The average molecular weight is 674 g/mol. The number of rotatable bonds is 5. The standard InChI is InChI=1S/C47H33B3N2O/c48-45-41-25-35(15-22-42(41)51-47(50)46(45)49)30-13-18-37(19-14-30)52(36-16-11-29(12-17-36)34-10-9-28-5-1-2-6-31(28)23-34)38-20-21-39-40-24-32-7-3-4-8-33(32)26-43(40)53-44(39)27-38/h1-27H,48-50H2. The summed E-state index contributed by atoms with van der Waals surface area (Å²) in [4.78, 5) is 7.17. The monoisotopic (exact) mass is 674 g/mol. The van der Waals surface area contributed by atoms with E-state index in [1.54, 1.807) is 0 Å². The van der Waals surface area contributed by atoms with Gasteiger partial charge in [0.25, 0.3) is 0 Å². The minimum atomic E-state index is 0.868. The number of aromatic nitrogens is 1. The van der Waals surface area contributed by atoms with Crippen LogP contribution in [0.25, 0.3) is 76.6 Å². The fraction of sp³-hybridized carbons (Fsp3) is 0. The lowest BCUT2D eigenvalue weighted by Crippen LogP contribution is -2.41. The van der Waals surface area contributed by atoms with Crippen LogP contribution in [0.2, 0.25) is 0 Å². The normalized spacial score (nSPS) is 11.6. The van der Waals surface area contributed by atoms with Crippen molar-refractivity contribution in [1.29, 1.82) is 0 Å². The van der Waals surface area contributed by atoms with Gasteiger partial charge < -0.3 is 9.32 Å². The third-order valence-electron chi connectivity index (χ3n) is 11.0. The van der Waals surface area contributed by atoms with Gasteiger partial charge in [0.1, 0.15) is 26.9 Å². The molecule has 3 nitrogen and oxygen atoms in total. The summed E-state index contributed by atoms with van der Waals surface area (Å²) in [5.41, 5.74) is 14.3. The van der Waals surface area contributed by atoms with Crippen LogP contribution in [0.3, 0.4) is 0 Å². The van der Waals surface area contributed by atoms with E-state index in [9.17, 15) is 0 Å². The molecule has 53 heavy (non-hydrogen) atoms. The Bertz CT molecular complexity index is 3040. The SMILES string of the molecule is Bc1nc2ccc(-c3ccc(N(c4ccc(-c5ccc6ccccc6c5)cc4)c4ccc5c(c4)oc4cc6ccccc6cc45)cc3)cc2c(B)c1B. The van der Waals surface area contributed by atoms with E-state index in [1.165, 1.54) is 60.1 Å². The molecule has 10 aromatic rings. The van der Waals surface area contributed by atoms with Crippen molar-refractivity contribution in [3.05, 3.63) is 164 Å². The molecule has 0 amide bonds. The highest BCUT2D eigenvalue weighted by Crippen LogP contribution is 2.40. The van der Waals surface area contributed by atoms with Crippen molar-refractivity contribution in [1.82, 2.24) is 4.98 Å². The van der Waals surface area contributed by atoms with Crippen molar-refractivity contribution in [3.63, 3.8) is 0 Å². The predicted octanol–water partition coefficient (Wildman–Crippen LogP) is 8.02. The van der Waals surface area contributed by atoms with E-state index in [1.807, 2.05) is 0 Å². The highest BCUT2D eigenvalue weighted by Gasteiger charge is 2.17. The number of hydrogen-bond donors (Lipinski definition) is 0. The summed E-state index contributed by atoms with van der Waals surface area (Å²) in [6, 6.07) is 59.0. The van der Waals surface area contributed by atoms with E-state index < -0.39 is 0 Å². The van der Waals surface area contributed by atoms with Crippen LogP contribution in [0.1, 0.15) is 0 Å². The minimum Gasteiger partial charge on any atom is -0.456 e. The summed E-state index contributed by atoms with van der Waals surface area (Å²) in [7, 11) is 6.45. The molecule has 0 unspecified atom stereocenters. The third kappa shape index (κ3) is 5.38. The molecule has 0 fully saturated rings. The zero-order valence-corrected chi connectivity index (χ0v) is 29.9. The van der Waals surface area contributed by atoms with E-state index in [-0.39, 0.29) is 0 Å². The van der Waals surface area contributed by atoms with Crippen LogP contribution in [-0.2, 0) is 0 Å². The van der Waals surface area contributed by atoms with Crippen molar-refractivity contribution in [2.24, 2.45) is 0 Å². The van der Waals surface area contributed by atoms with Crippen molar-refractivity contribution in [2.45, 2.75) is 0 Å². The third-order valence-corrected chi connectivity index (χ3v) is 11.0. The smallest absolute Gasteiger partial charge is 0.163 e. The van der Waals surface area contributed by atoms with E-state index in [0.29, 0.717) is 0 Å². The summed E-state index contributed by atoms with van der Waals surface area (Å²) >= 11 is 0. The maximum Gasteiger partial charge on any atom is 0.163 e. The lowest BCUT2D eigenvalue weighted by atomic mass is 9.73. The van der Waals surface area contributed by atoms with Crippen LogP contribution in [0.15, 0.2) is 168 Å². The topological polar surface area (TPSA) is 29.3 Å². The molecule has 2 aromatic heterocycles.